The van der Waals surface area contributed by atoms with Gasteiger partial charge in [-0.1, -0.05) is 164 Å². The molecule has 0 atom stereocenters. The summed E-state index contributed by atoms with van der Waals surface area (Å²) in [6.07, 6.45) is 0. The van der Waals surface area contributed by atoms with E-state index in [9.17, 15) is 0 Å². The van der Waals surface area contributed by atoms with Crippen LogP contribution in [-0.2, 0) is 0 Å². The second kappa shape index (κ2) is 14.1. The zero-order chi connectivity index (χ0) is 38.4. The van der Waals surface area contributed by atoms with E-state index in [0.29, 0.717) is 5.89 Å². The fraction of sp³-hybridized carbons (Fsp3) is 0. The second-order valence-electron chi connectivity index (χ2n) is 14.7. The maximum Gasteiger partial charge on any atom is 0.227 e. The lowest BCUT2D eigenvalue weighted by atomic mass is 9.94. The Morgan fingerprint density at radius 2 is 0.879 bits per heavy atom. The maximum absolute atomic E-state index is 6.62. The summed E-state index contributed by atoms with van der Waals surface area (Å²) in [4.78, 5) is 7.34. The highest BCUT2D eigenvalue weighted by Gasteiger charge is 2.21. The molecular formula is C55H36N2O. The molecule has 0 fully saturated rings. The van der Waals surface area contributed by atoms with Crippen LogP contribution in [-0.4, -0.2) is 4.98 Å². The minimum atomic E-state index is 0.629. The van der Waals surface area contributed by atoms with Gasteiger partial charge in [-0.15, -0.1) is 0 Å². The van der Waals surface area contributed by atoms with Crippen molar-refractivity contribution in [2.75, 3.05) is 4.90 Å². The SMILES string of the molecule is c1ccc(-c2ccc(N(c3ccc4c(ccc5ccc6ccc7nc(-c8ccccc8)oc7c6c54)c3)c3ccc(-c4ccccc4)cc3-c3ccccc3)cc2)cc1. The Hall–Kier alpha value is -7.75. The summed E-state index contributed by atoms with van der Waals surface area (Å²) in [6, 6.07) is 77.8. The number of fused-ring (bicyclic) bond motifs is 7. The third-order valence-electron chi connectivity index (χ3n) is 11.3. The number of benzene rings is 10. The molecule has 0 N–H and O–H groups in total. The van der Waals surface area contributed by atoms with Gasteiger partial charge >= 0.3 is 0 Å². The van der Waals surface area contributed by atoms with Crippen LogP contribution < -0.4 is 4.90 Å². The van der Waals surface area contributed by atoms with Crippen molar-refractivity contribution in [3.8, 4) is 44.8 Å². The summed E-state index contributed by atoms with van der Waals surface area (Å²) in [5.41, 5.74) is 12.9. The standard InChI is InChI=1S/C55H36N2O/c1-5-13-37(14-6-1)39-25-29-46(30-26-39)57(51-34-28-44(38-15-7-2-8-16-38)36-49(51)40-17-9-3-10-18-40)47-31-32-48-45(35-47)24-23-41-21-22-42-27-33-50-54(53(42)52(41)48)58-55(56-50)43-19-11-4-12-20-43/h1-36H. The highest BCUT2D eigenvalue weighted by molar-refractivity contribution is 6.26. The summed E-state index contributed by atoms with van der Waals surface area (Å²) in [6.45, 7) is 0. The summed E-state index contributed by atoms with van der Waals surface area (Å²) < 4.78 is 6.62. The molecule has 11 aromatic rings. The molecule has 0 bridgehead atoms. The van der Waals surface area contributed by atoms with Crippen LogP contribution >= 0.6 is 0 Å². The van der Waals surface area contributed by atoms with E-state index in [-0.39, 0.29) is 0 Å². The van der Waals surface area contributed by atoms with E-state index in [4.69, 9.17) is 9.40 Å². The fourth-order valence-corrected chi connectivity index (χ4v) is 8.43. The van der Waals surface area contributed by atoms with Crippen molar-refractivity contribution in [2.45, 2.75) is 0 Å². The molecule has 0 aliphatic carbocycles. The molecule has 0 amide bonds. The quantitative estimate of drug-likeness (QED) is 0.152. The molecule has 3 heteroatoms. The number of hydrogen-bond donors (Lipinski definition) is 0. The molecule has 0 radical (unpaired) electrons. The lowest BCUT2D eigenvalue weighted by Gasteiger charge is -2.29. The van der Waals surface area contributed by atoms with Crippen LogP contribution in [0.4, 0.5) is 17.1 Å². The molecule has 0 spiro atoms. The average Bonchev–Trinajstić information content (AvgIpc) is 3.75. The van der Waals surface area contributed by atoms with Gasteiger partial charge in [0.15, 0.2) is 5.58 Å². The lowest BCUT2D eigenvalue weighted by Crippen LogP contribution is -2.11. The predicted octanol–water partition coefficient (Wildman–Crippen LogP) is 15.4. The Labute approximate surface area is 336 Å². The normalized spacial score (nSPS) is 11.4. The molecular weight excluding hydrogens is 705 g/mol. The van der Waals surface area contributed by atoms with Crippen LogP contribution in [0, 0.1) is 0 Å². The van der Waals surface area contributed by atoms with E-state index in [1.54, 1.807) is 0 Å². The van der Waals surface area contributed by atoms with Crippen LogP contribution in [0.3, 0.4) is 0 Å². The molecule has 0 saturated carbocycles. The van der Waals surface area contributed by atoms with Crippen molar-refractivity contribution < 1.29 is 4.42 Å². The highest BCUT2D eigenvalue weighted by Crippen LogP contribution is 2.45. The van der Waals surface area contributed by atoms with Crippen LogP contribution in [0.5, 0.6) is 0 Å². The van der Waals surface area contributed by atoms with E-state index in [1.807, 2.05) is 30.3 Å². The summed E-state index contributed by atoms with van der Waals surface area (Å²) >= 11 is 0. The van der Waals surface area contributed by atoms with E-state index in [0.717, 1.165) is 66.4 Å². The van der Waals surface area contributed by atoms with Gasteiger partial charge in [-0.2, -0.15) is 0 Å². The molecule has 0 aliphatic heterocycles. The number of aromatic nitrogens is 1. The summed E-state index contributed by atoms with van der Waals surface area (Å²) in [5.74, 6) is 0.629. The number of hydrogen-bond acceptors (Lipinski definition) is 3. The minimum Gasteiger partial charge on any atom is -0.435 e. The first-order chi connectivity index (χ1) is 28.7. The Balaban J connectivity index is 1.13. The summed E-state index contributed by atoms with van der Waals surface area (Å²) in [5, 5.41) is 6.84. The van der Waals surface area contributed by atoms with E-state index in [1.165, 1.54) is 33.0 Å². The third-order valence-corrected chi connectivity index (χ3v) is 11.3. The van der Waals surface area contributed by atoms with E-state index in [2.05, 4.69) is 193 Å². The van der Waals surface area contributed by atoms with Crippen molar-refractivity contribution in [3.63, 3.8) is 0 Å². The monoisotopic (exact) mass is 740 g/mol. The molecule has 10 aromatic carbocycles. The van der Waals surface area contributed by atoms with Gasteiger partial charge in [0.05, 0.1) is 5.69 Å². The molecule has 1 aromatic heterocycles. The second-order valence-corrected chi connectivity index (χ2v) is 14.7. The topological polar surface area (TPSA) is 29.3 Å². The van der Waals surface area contributed by atoms with Crippen molar-refractivity contribution >= 4 is 60.5 Å². The molecule has 58 heavy (non-hydrogen) atoms. The van der Waals surface area contributed by atoms with E-state index < -0.39 is 0 Å². The van der Waals surface area contributed by atoms with Crippen LogP contribution in [0.1, 0.15) is 0 Å². The highest BCUT2D eigenvalue weighted by atomic mass is 16.3. The Bertz CT molecular complexity index is 3250. The Morgan fingerprint density at radius 1 is 0.362 bits per heavy atom. The van der Waals surface area contributed by atoms with Crippen LogP contribution in [0.2, 0.25) is 0 Å². The van der Waals surface area contributed by atoms with Crippen molar-refractivity contribution in [3.05, 3.63) is 218 Å². The molecule has 272 valence electrons. The van der Waals surface area contributed by atoms with Gasteiger partial charge in [0, 0.05) is 33.3 Å². The average molecular weight is 741 g/mol. The number of oxazole rings is 1. The minimum absolute atomic E-state index is 0.629. The fourth-order valence-electron chi connectivity index (χ4n) is 8.43. The Kier molecular flexibility index (Phi) is 8.15. The first-order valence-corrected chi connectivity index (χ1v) is 19.7. The number of nitrogens with zero attached hydrogens (tertiary/aromatic N) is 2. The van der Waals surface area contributed by atoms with Crippen LogP contribution in [0.15, 0.2) is 223 Å². The van der Waals surface area contributed by atoms with Crippen LogP contribution in [0.25, 0.3) is 88.3 Å². The number of rotatable bonds is 7. The summed E-state index contributed by atoms with van der Waals surface area (Å²) in [7, 11) is 0. The first-order valence-electron chi connectivity index (χ1n) is 19.7. The number of anilines is 3. The van der Waals surface area contributed by atoms with Crippen molar-refractivity contribution in [2.24, 2.45) is 0 Å². The van der Waals surface area contributed by atoms with Gasteiger partial charge in [-0.25, -0.2) is 4.98 Å². The molecule has 0 saturated heterocycles. The van der Waals surface area contributed by atoms with Gasteiger partial charge in [0.25, 0.3) is 0 Å². The van der Waals surface area contributed by atoms with E-state index >= 15 is 0 Å². The van der Waals surface area contributed by atoms with Crippen molar-refractivity contribution in [1.29, 1.82) is 0 Å². The predicted molar refractivity (Wildman–Crippen MR) is 243 cm³/mol. The molecule has 0 aliphatic rings. The zero-order valence-corrected chi connectivity index (χ0v) is 31.6. The first kappa shape index (κ1) is 33.6. The van der Waals surface area contributed by atoms with Gasteiger partial charge < -0.3 is 9.32 Å². The zero-order valence-electron chi connectivity index (χ0n) is 31.6. The Morgan fingerprint density at radius 3 is 1.55 bits per heavy atom. The van der Waals surface area contributed by atoms with Crippen molar-refractivity contribution in [1.82, 2.24) is 4.98 Å². The molecule has 0 unspecified atom stereocenters. The van der Waals surface area contributed by atoms with Gasteiger partial charge in [-0.05, 0) is 104 Å². The molecule has 1 heterocycles. The maximum atomic E-state index is 6.62. The molecule has 3 nitrogen and oxygen atoms in total. The third kappa shape index (κ3) is 5.89. The van der Waals surface area contributed by atoms with Gasteiger partial charge in [0.1, 0.15) is 5.52 Å². The van der Waals surface area contributed by atoms with Gasteiger partial charge in [-0.3, -0.25) is 0 Å². The lowest BCUT2D eigenvalue weighted by molar-refractivity contribution is 0.623. The smallest absolute Gasteiger partial charge is 0.227 e. The molecule has 11 rings (SSSR count). The largest absolute Gasteiger partial charge is 0.435 e. The van der Waals surface area contributed by atoms with Gasteiger partial charge in [0.2, 0.25) is 5.89 Å².